The van der Waals surface area contributed by atoms with Gasteiger partial charge in [0.2, 0.25) is 0 Å². The van der Waals surface area contributed by atoms with Crippen molar-refractivity contribution in [2.45, 2.75) is 65.2 Å². The molecule has 7 heteroatoms. The summed E-state index contributed by atoms with van der Waals surface area (Å²) >= 11 is 0. The molecule has 0 radical (unpaired) electrons. The van der Waals surface area contributed by atoms with Crippen molar-refractivity contribution in [2.24, 2.45) is 0 Å². The summed E-state index contributed by atoms with van der Waals surface area (Å²) in [4.78, 5) is 36.5. The molecule has 1 heterocycles. The van der Waals surface area contributed by atoms with E-state index in [1.165, 1.54) is 0 Å². The first-order chi connectivity index (χ1) is 9.80. The Hall–Kier alpha value is -2.05. The minimum absolute atomic E-state index is 0.0401. The van der Waals surface area contributed by atoms with E-state index in [-0.39, 0.29) is 12.0 Å². The van der Waals surface area contributed by atoms with Crippen molar-refractivity contribution in [3.8, 4) is 0 Å². The lowest BCUT2D eigenvalue weighted by Crippen LogP contribution is -2.44. The molecule has 0 fully saturated rings. The van der Waals surface area contributed by atoms with Gasteiger partial charge < -0.3 is 14.6 Å². The lowest BCUT2D eigenvalue weighted by atomic mass is 10.1. The second-order valence-electron chi connectivity index (χ2n) is 7.10. The first-order valence-corrected chi connectivity index (χ1v) is 6.98. The Kier molecular flexibility index (Phi) is 4.89. The normalized spacial score (nSPS) is 18.7. The zero-order chi connectivity index (χ0) is 17.3. The molecule has 0 aliphatic carbocycles. The third kappa shape index (κ3) is 5.05. The van der Waals surface area contributed by atoms with E-state index in [0.29, 0.717) is 0 Å². The van der Waals surface area contributed by atoms with E-state index in [0.717, 1.165) is 11.1 Å². The largest absolute Gasteiger partial charge is 0.478 e. The molecule has 0 aromatic rings. The van der Waals surface area contributed by atoms with E-state index in [1.807, 2.05) is 0 Å². The van der Waals surface area contributed by atoms with Gasteiger partial charge in [0.1, 0.15) is 17.2 Å². The lowest BCUT2D eigenvalue weighted by molar-refractivity contribution is -0.159. The molecule has 1 aliphatic heterocycles. The van der Waals surface area contributed by atoms with Gasteiger partial charge in [0.05, 0.1) is 5.57 Å². The molecule has 1 atom stereocenters. The molecule has 22 heavy (non-hydrogen) atoms. The number of amides is 1. The molecule has 0 aromatic heterocycles. The number of carbonyl (C=O) groups is 3. The monoisotopic (exact) mass is 313 g/mol. The fraction of sp³-hybridized carbons (Fsp3) is 0.667. The molecule has 0 unspecified atom stereocenters. The van der Waals surface area contributed by atoms with Crippen LogP contribution in [0.5, 0.6) is 0 Å². The first kappa shape index (κ1) is 18.0. The third-order valence-corrected chi connectivity index (χ3v) is 2.60. The van der Waals surface area contributed by atoms with Crippen molar-refractivity contribution in [1.82, 2.24) is 4.90 Å². The molecule has 1 amide bonds. The van der Waals surface area contributed by atoms with E-state index in [4.69, 9.17) is 14.6 Å². The third-order valence-electron chi connectivity index (χ3n) is 2.60. The highest BCUT2D eigenvalue weighted by atomic mass is 16.6. The second-order valence-corrected chi connectivity index (χ2v) is 7.10. The zero-order valence-electron chi connectivity index (χ0n) is 13.8. The molecule has 0 aromatic carbocycles. The maximum absolute atomic E-state index is 12.2. The van der Waals surface area contributed by atoms with Gasteiger partial charge in [-0.2, -0.15) is 0 Å². The van der Waals surface area contributed by atoms with Crippen molar-refractivity contribution < 1.29 is 29.0 Å². The topological polar surface area (TPSA) is 93.1 Å². The Labute approximate surface area is 129 Å². The van der Waals surface area contributed by atoms with Crippen LogP contribution >= 0.6 is 0 Å². The van der Waals surface area contributed by atoms with Crippen molar-refractivity contribution in [2.75, 3.05) is 0 Å². The van der Waals surface area contributed by atoms with Crippen LogP contribution in [0.4, 0.5) is 4.79 Å². The summed E-state index contributed by atoms with van der Waals surface area (Å²) < 4.78 is 10.4. The average molecular weight is 313 g/mol. The van der Waals surface area contributed by atoms with Gasteiger partial charge in [0.25, 0.3) is 0 Å². The van der Waals surface area contributed by atoms with Crippen LogP contribution in [0, 0.1) is 0 Å². The van der Waals surface area contributed by atoms with Gasteiger partial charge in [-0.15, -0.1) is 0 Å². The summed E-state index contributed by atoms with van der Waals surface area (Å²) in [7, 11) is 0. The number of nitrogens with zero attached hydrogens (tertiary/aromatic N) is 1. The molecule has 0 saturated heterocycles. The molecular weight excluding hydrogens is 290 g/mol. The highest BCUT2D eigenvalue weighted by molar-refractivity contribution is 5.92. The summed E-state index contributed by atoms with van der Waals surface area (Å²) in [5.74, 6) is -1.84. The Balaban J connectivity index is 2.98. The number of rotatable bonds is 2. The Morgan fingerprint density at radius 1 is 1.09 bits per heavy atom. The number of carbonyl (C=O) groups excluding carboxylic acids is 2. The van der Waals surface area contributed by atoms with Crippen molar-refractivity contribution in [3.63, 3.8) is 0 Å². The van der Waals surface area contributed by atoms with Gasteiger partial charge in [-0.05, 0) is 41.5 Å². The van der Waals surface area contributed by atoms with E-state index < -0.39 is 35.3 Å². The van der Waals surface area contributed by atoms with Gasteiger partial charge in [-0.3, -0.25) is 4.90 Å². The summed E-state index contributed by atoms with van der Waals surface area (Å²) in [5.41, 5.74) is -1.53. The molecule has 0 bridgehead atoms. The second kappa shape index (κ2) is 5.98. The van der Waals surface area contributed by atoms with Crippen molar-refractivity contribution in [1.29, 1.82) is 0 Å². The van der Waals surface area contributed by atoms with Crippen LogP contribution < -0.4 is 0 Å². The van der Waals surface area contributed by atoms with Crippen LogP contribution in [-0.2, 0) is 19.1 Å². The number of hydrogen-bond acceptors (Lipinski definition) is 5. The van der Waals surface area contributed by atoms with Gasteiger partial charge >= 0.3 is 18.0 Å². The Morgan fingerprint density at radius 2 is 1.59 bits per heavy atom. The first-order valence-electron chi connectivity index (χ1n) is 6.98. The predicted molar refractivity (Wildman–Crippen MR) is 78.0 cm³/mol. The minimum atomic E-state index is -1.18. The van der Waals surface area contributed by atoms with Gasteiger partial charge in [0, 0.05) is 12.6 Å². The maximum Gasteiger partial charge on any atom is 0.415 e. The summed E-state index contributed by atoms with van der Waals surface area (Å²) in [5, 5.41) is 9.08. The smallest absolute Gasteiger partial charge is 0.415 e. The number of carboxylic acids is 1. The molecule has 1 rings (SSSR count). The fourth-order valence-corrected chi connectivity index (χ4v) is 1.82. The SMILES string of the molecule is CC(C)(C)OC(=O)[C@@H]1CC(C(=O)O)=CN1C(=O)OC(C)(C)C. The van der Waals surface area contributed by atoms with Crippen LogP contribution in [-0.4, -0.2) is 45.3 Å². The number of aliphatic carboxylic acids is 1. The van der Waals surface area contributed by atoms with Crippen LogP contribution in [0.2, 0.25) is 0 Å². The summed E-state index contributed by atoms with van der Waals surface area (Å²) in [6.45, 7) is 10.2. The molecule has 0 saturated carbocycles. The zero-order valence-corrected chi connectivity index (χ0v) is 13.8. The van der Waals surface area contributed by atoms with Crippen molar-refractivity contribution >= 4 is 18.0 Å². The standard InChI is InChI=1S/C15H23NO6/c1-14(2,3)21-12(19)10-7-9(11(17)18)8-16(10)13(20)22-15(4,5)6/h8,10H,7H2,1-6H3,(H,17,18)/t10-/m0/s1. The average Bonchev–Trinajstić information content (AvgIpc) is 2.68. The number of esters is 1. The summed E-state index contributed by atoms with van der Waals surface area (Å²) in [6.07, 6.45) is 0.244. The van der Waals surface area contributed by atoms with Gasteiger partial charge in [-0.1, -0.05) is 0 Å². The highest BCUT2D eigenvalue weighted by Gasteiger charge is 2.40. The number of carboxylic acid groups (broad SMARTS) is 1. The predicted octanol–water partition coefficient (Wildman–Crippen LogP) is 2.31. The lowest BCUT2D eigenvalue weighted by Gasteiger charge is -2.29. The fourth-order valence-electron chi connectivity index (χ4n) is 1.82. The minimum Gasteiger partial charge on any atom is -0.478 e. The molecule has 0 spiro atoms. The van der Waals surface area contributed by atoms with E-state index >= 15 is 0 Å². The molecular formula is C15H23NO6. The molecule has 7 nitrogen and oxygen atoms in total. The van der Waals surface area contributed by atoms with Crippen LogP contribution in [0.15, 0.2) is 11.8 Å². The van der Waals surface area contributed by atoms with E-state index in [1.54, 1.807) is 41.5 Å². The quantitative estimate of drug-likeness (QED) is 0.786. The number of ether oxygens (including phenoxy) is 2. The summed E-state index contributed by atoms with van der Waals surface area (Å²) in [6, 6.07) is -1.03. The number of hydrogen-bond donors (Lipinski definition) is 1. The Morgan fingerprint density at radius 3 is 2.00 bits per heavy atom. The van der Waals surface area contributed by atoms with Crippen LogP contribution in [0.3, 0.4) is 0 Å². The highest BCUT2D eigenvalue weighted by Crippen LogP contribution is 2.26. The molecule has 124 valence electrons. The maximum atomic E-state index is 12.2. The molecule has 1 aliphatic rings. The van der Waals surface area contributed by atoms with E-state index in [9.17, 15) is 14.4 Å². The van der Waals surface area contributed by atoms with Gasteiger partial charge in [-0.25, -0.2) is 14.4 Å². The van der Waals surface area contributed by atoms with Crippen LogP contribution in [0.1, 0.15) is 48.0 Å². The molecule has 1 N–H and O–H groups in total. The van der Waals surface area contributed by atoms with E-state index in [2.05, 4.69) is 0 Å². The van der Waals surface area contributed by atoms with Gasteiger partial charge in [0.15, 0.2) is 0 Å². The van der Waals surface area contributed by atoms with Crippen molar-refractivity contribution in [3.05, 3.63) is 11.8 Å². The van der Waals surface area contributed by atoms with Crippen LogP contribution in [0.25, 0.3) is 0 Å². The Bertz CT molecular complexity index is 509.